The van der Waals surface area contributed by atoms with Gasteiger partial charge in [0.1, 0.15) is 37.9 Å². The van der Waals surface area contributed by atoms with Gasteiger partial charge in [0.15, 0.2) is 0 Å². The molecule has 5 aromatic rings. The summed E-state index contributed by atoms with van der Waals surface area (Å²) in [7, 11) is 3.89. The van der Waals surface area contributed by atoms with Gasteiger partial charge in [-0.15, -0.1) is 45.3 Å². The number of hydrogen-bond acceptors (Lipinski definition) is 13. The molecule has 0 radical (unpaired) electrons. The lowest BCUT2D eigenvalue weighted by atomic mass is 10.2. The van der Waals surface area contributed by atoms with Crippen LogP contribution in [0.5, 0.6) is 11.5 Å². The molecule has 4 heterocycles. The van der Waals surface area contributed by atoms with E-state index in [0.29, 0.717) is 64.1 Å². The maximum Gasteiger partial charge on any atom is 0.410 e. The number of rotatable bonds is 23. The Hall–Kier alpha value is -4.12. The zero-order chi connectivity index (χ0) is 37.1. The lowest BCUT2D eigenvalue weighted by Gasteiger charge is -2.21. The number of nitrogens with zero attached hydrogens (tertiary/aromatic N) is 3. The first-order chi connectivity index (χ1) is 25.9. The largest absolute Gasteiger partial charge is 0.491 e. The molecule has 0 unspecified atom stereocenters. The lowest BCUT2D eigenvalue weighted by Crippen LogP contribution is -2.31. The van der Waals surface area contributed by atoms with E-state index in [1.807, 2.05) is 107 Å². The van der Waals surface area contributed by atoms with Gasteiger partial charge >= 0.3 is 12.2 Å². The van der Waals surface area contributed by atoms with Crippen molar-refractivity contribution in [3.63, 3.8) is 0 Å². The van der Waals surface area contributed by atoms with E-state index in [4.69, 9.17) is 28.4 Å². The second kappa shape index (κ2) is 22.2. The van der Waals surface area contributed by atoms with E-state index in [1.54, 1.807) is 55.1 Å². The first kappa shape index (κ1) is 40.1. The average molecular weight is 800 g/mol. The monoisotopic (exact) mass is 799 g/mol. The highest BCUT2D eigenvalue weighted by Crippen LogP contribution is 2.28. The van der Waals surface area contributed by atoms with Crippen LogP contribution >= 0.6 is 45.3 Å². The predicted molar refractivity (Wildman–Crippen MR) is 212 cm³/mol. The van der Waals surface area contributed by atoms with Crippen LogP contribution in [0, 0.1) is 0 Å². The van der Waals surface area contributed by atoms with Crippen LogP contribution in [0.15, 0.2) is 88.3 Å². The summed E-state index contributed by atoms with van der Waals surface area (Å²) in [6, 6.07) is 21.6. The van der Waals surface area contributed by atoms with Gasteiger partial charge < -0.3 is 33.3 Å². The van der Waals surface area contributed by atoms with Crippen molar-refractivity contribution in [1.29, 1.82) is 0 Å². The second-order valence-corrected chi connectivity index (χ2v) is 15.9. The van der Waals surface area contributed by atoms with Gasteiger partial charge in [0.05, 0.1) is 52.6 Å². The Morgan fingerprint density at radius 3 is 1.19 bits per heavy atom. The summed E-state index contributed by atoms with van der Waals surface area (Å²) in [5.41, 5.74) is 0.919. The molecule has 2 amide bonds. The summed E-state index contributed by atoms with van der Waals surface area (Å²) in [4.78, 5) is 35.5. The molecule has 0 saturated heterocycles. The minimum absolute atomic E-state index is 0.145. The molecule has 0 aliphatic carbocycles. The number of benzene rings is 1. The van der Waals surface area contributed by atoms with E-state index in [9.17, 15) is 9.59 Å². The van der Waals surface area contributed by atoms with E-state index < -0.39 is 0 Å². The Morgan fingerprint density at radius 1 is 0.509 bits per heavy atom. The number of ether oxygens (including phenoxy) is 6. The Bertz CT molecular complexity index is 1540. The summed E-state index contributed by atoms with van der Waals surface area (Å²) >= 11 is 6.46. The topological polar surface area (TPSA) is 99.2 Å². The van der Waals surface area contributed by atoms with Crippen LogP contribution in [0.3, 0.4) is 0 Å². The van der Waals surface area contributed by atoms with Gasteiger partial charge in [0.2, 0.25) is 0 Å². The van der Waals surface area contributed by atoms with Gasteiger partial charge in [-0.25, -0.2) is 9.59 Å². The van der Waals surface area contributed by atoms with E-state index in [-0.39, 0.29) is 38.6 Å². The molecule has 0 fully saturated rings. The Morgan fingerprint density at radius 2 is 0.868 bits per heavy atom. The normalized spacial score (nSPS) is 10.9. The fourth-order valence-corrected chi connectivity index (χ4v) is 7.79. The number of amides is 2. The molecule has 0 aliphatic rings. The van der Waals surface area contributed by atoms with Crippen molar-refractivity contribution in [3.8, 4) is 11.5 Å². The van der Waals surface area contributed by atoms with Crippen molar-refractivity contribution in [1.82, 2.24) is 9.80 Å². The number of thiophene rings is 4. The first-order valence-electron chi connectivity index (χ1n) is 17.1. The highest BCUT2D eigenvalue weighted by Gasteiger charge is 2.18. The van der Waals surface area contributed by atoms with Crippen molar-refractivity contribution in [2.24, 2.45) is 0 Å². The zero-order valence-corrected chi connectivity index (χ0v) is 33.2. The van der Waals surface area contributed by atoms with Crippen LogP contribution in [-0.4, -0.2) is 88.9 Å². The van der Waals surface area contributed by atoms with Crippen LogP contribution in [-0.2, 0) is 45.1 Å². The second-order valence-electron chi connectivity index (χ2n) is 11.7. The van der Waals surface area contributed by atoms with Crippen LogP contribution < -0.4 is 14.4 Å². The average Bonchev–Trinajstić information content (AvgIpc) is 4.00. The smallest absolute Gasteiger partial charge is 0.410 e. The van der Waals surface area contributed by atoms with Crippen LogP contribution in [0.4, 0.5) is 15.3 Å². The highest BCUT2D eigenvalue weighted by atomic mass is 32.1. The van der Waals surface area contributed by atoms with E-state index >= 15 is 0 Å². The molecule has 0 atom stereocenters. The predicted octanol–water partition coefficient (Wildman–Crippen LogP) is 8.47. The minimum atomic E-state index is -0.370. The number of anilines is 1. The van der Waals surface area contributed by atoms with E-state index in [1.165, 1.54) is 0 Å². The molecule has 53 heavy (non-hydrogen) atoms. The molecule has 11 nitrogen and oxygen atoms in total. The van der Waals surface area contributed by atoms with Crippen molar-refractivity contribution < 1.29 is 38.0 Å². The van der Waals surface area contributed by atoms with Crippen LogP contribution in [0.25, 0.3) is 0 Å². The number of hydrogen-bond donors (Lipinski definition) is 0. The fraction of sp³-hybridized carbons (Fsp3) is 0.368. The first-order valence-corrected chi connectivity index (χ1v) is 20.6. The molecule has 4 aromatic heterocycles. The standard InChI is InChI=1S/C38H45N3O8S4/c1-39(2)30-23-31(46-15-11-44-13-17-48-37(42)40(26-33-7-3-19-50-33)27-34-8-4-20-51-34)25-32(24-30)47-16-12-45-14-18-49-38(43)41(28-35-9-5-21-52-35)29-36-10-6-22-53-36/h3-10,19-25H,11-18,26-29H2,1-2H3. The van der Waals surface area contributed by atoms with E-state index in [0.717, 1.165) is 25.2 Å². The molecular weight excluding hydrogens is 755 g/mol. The summed E-state index contributed by atoms with van der Waals surface area (Å²) < 4.78 is 34.3. The Labute approximate surface area is 326 Å². The third-order valence-electron chi connectivity index (χ3n) is 7.50. The Balaban J connectivity index is 0.962. The minimum Gasteiger partial charge on any atom is -0.491 e. The third kappa shape index (κ3) is 14.3. The molecule has 0 saturated carbocycles. The molecule has 0 aliphatic heterocycles. The summed E-state index contributed by atoms with van der Waals surface area (Å²) in [6.45, 7) is 4.08. The van der Waals surface area contributed by atoms with Crippen molar-refractivity contribution in [2.45, 2.75) is 26.2 Å². The van der Waals surface area contributed by atoms with Crippen molar-refractivity contribution in [2.75, 3.05) is 71.9 Å². The van der Waals surface area contributed by atoms with Crippen molar-refractivity contribution in [3.05, 3.63) is 108 Å². The van der Waals surface area contributed by atoms with Crippen molar-refractivity contribution >= 4 is 63.2 Å². The SMILES string of the molecule is CN(C)c1cc(OCCOCCOC(=O)N(Cc2cccs2)Cc2cccs2)cc(OCCOCCOC(=O)N(Cc2cccs2)Cc2cccs2)c1. The molecule has 0 N–H and O–H groups in total. The molecule has 15 heteroatoms. The van der Waals surface area contributed by atoms with Gasteiger partial charge in [-0.05, 0) is 45.8 Å². The lowest BCUT2D eigenvalue weighted by molar-refractivity contribution is 0.0423. The van der Waals surface area contributed by atoms with Crippen LogP contribution in [0.2, 0.25) is 0 Å². The summed E-state index contributed by atoms with van der Waals surface area (Å²) in [5, 5.41) is 8.00. The van der Waals surface area contributed by atoms with Gasteiger partial charge in [0, 0.05) is 57.5 Å². The number of carbonyl (C=O) groups excluding carboxylic acids is 2. The molecule has 0 spiro atoms. The molecule has 284 valence electrons. The van der Waals surface area contributed by atoms with Gasteiger partial charge in [0.25, 0.3) is 0 Å². The Kier molecular flexibility index (Phi) is 16.8. The molecule has 0 bridgehead atoms. The quantitative estimate of drug-likeness (QED) is 0.0603. The third-order valence-corrected chi connectivity index (χ3v) is 10.9. The molecular formula is C38H45N3O8S4. The highest BCUT2D eigenvalue weighted by molar-refractivity contribution is 7.10. The van der Waals surface area contributed by atoms with Crippen LogP contribution in [0.1, 0.15) is 19.5 Å². The summed E-state index contributed by atoms with van der Waals surface area (Å²) in [6.07, 6.45) is -0.739. The van der Waals surface area contributed by atoms with E-state index in [2.05, 4.69) is 0 Å². The maximum absolute atomic E-state index is 12.9. The maximum atomic E-state index is 12.9. The molecule has 1 aromatic carbocycles. The van der Waals surface area contributed by atoms with Gasteiger partial charge in [-0.2, -0.15) is 0 Å². The molecule has 5 rings (SSSR count). The van der Waals surface area contributed by atoms with Gasteiger partial charge in [-0.3, -0.25) is 9.80 Å². The summed E-state index contributed by atoms with van der Waals surface area (Å²) in [5.74, 6) is 1.28. The fourth-order valence-electron chi connectivity index (χ4n) is 4.91. The number of carbonyl (C=O) groups is 2. The van der Waals surface area contributed by atoms with Gasteiger partial charge in [-0.1, -0.05) is 24.3 Å². The zero-order valence-electron chi connectivity index (χ0n) is 29.9.